The first kappa shape index (κ1) is 27.5. The molecule has 3 amide bonds. The molecule has 9 heteroatoms. The Balaban J connectivity index is 1.72. The van der Waals surface area contributed by atoms with Gasteiger partial charge in [0.05, 0.1) is 0 Å². The summed E-state index contributed by atoms with van der Waals surface area (Å²) in [6, 6.07) is 17.1. The minimum Gasteiger partial charge on any atom is -0.345 e. The Morgan fingerprint density at radius 1 is 0.889 bits per heavy atom. The summed E-state index contributed by atoms with van der Waals surface area (Å²) in [6.07, 6.45) is 4.61. The lowest BCUT2D eigenvalue weighted by atomic mass is 9.83. The summed E-state index contributed by atoms with van der Waals surface area (Å²) in [5.41, 5.74) is 1.86. The molecule has 4 atom stereocenters. The molecule has 1 aliphatic rings. The zero-order chi connectivity index (χ0) is 25.9. The van der Waals surface area contributed by atoms with Gasteiger partial charge in [-0.1, -0.05) is 79.9 Å². The van der Waals surface area contributed by atoms with Crippen molar-refractivity contribution in [2.75, 3.05) is 0 Å². The van der Waals surface area contributed by atoms with Gasteiger partial charge in [-0.2, -0.15) is 0 Å². The SMILES string of the molecule is CC(=O)N[C@@H](CCc1ccccc1)C(=O)N[C@@H](Cc1ccccc1)C(=O)N[C@@H](CC1CCC1)S(=O)O. The Labute approximate surface area is 214 Å². The maximum atomic E-state index is 13.3. The zero-order valence-corrected chi connectivity index (χ0v) is 21.3. The van der Waals surface area contributed by atoms with E-state index in [1.54, 1.807) is 0 Å². The number of amides is 3. The summed E-state index contributed by atoms with van der Waals surface area (Å²) >= 11 is -2.23. The molecule has 0 bridgehead atoms. The third-order valence-electron chi connectivity index (χ3n) is 6.49. The van der Waals surface area contributed by atoms with Crippen LogP contribution < -0.4 is 16.0 Å². The lowest BCUT2D eigenvalue weighted by molar-refractivity contribution is -0.132. The minimum atomic E-state index is -2.23. The summed E-state index contributed by atoms with van der Waals surface area (Å²) in [7, 11) is 0. The van der Waals surface area contributed by atoms with Crippen molar-refractivity contribution < 1.29 is 23.1 Å². The van der Waals surface area contributed by atoms with Crippen LogP contribution in [-0.4, -0.2) is 43.9 Å². The third-order valence-corrected chi connectivity index (χ3v) is 7.29. The van der Waals surface area contributed by atoms with Gasteiger partial charge in [0.25, 0.3) is 0 Å². The number of carbonyl (C=O) groups is 3. The van der Waals surface area contributed by atoms with Crippen molar-refractivity contribution in [2.24, 2.45) is 5.92 Å². The number of nitrogens with one attached hydrogen (secondary N) is 3. The highest BCUT2D eigenvalue weighted by atomic mass is 32.2. The van der Waals surface area contributed by atoms with Gasteiger partial charge >= 0.3 is 0 Å². The predicted octanol–water partition coefficient (Wildman–Crippen LogP) is 2.71. The molecular weight excluding hydrogens is 478 g/mol. The van der Waals surface area contributed by atoms with E-state index in [4.69, 9.17) is 0 Å². The fourth-order valence-corrected chi connectivity index (χ4v) is 4.94. The highest BCUT2D eigenvalue weighted by Gasteiger charge is 2.31. The number of aryl methyl sites for hydroxylation is 1. The van der Waals surface area contributed by atoms with Crippen LogP contribution in [0.15, 0.2) is 60.7 Å². The summed E-state index contributed by atoms with van der Waals surface area (Å²) < 4.78 is 21.7. The summed E-state index contributed by atoms with van der Waals surface area (Å²) in [5.74, 6) is -1.03. The molecule has 8 nitrogen and oxygen atoms in total. The average molecular weight is 514 g/mol. The van der Waals surface area contributed by atoms with Crippen molar-refractivity contribution in [3.63, 3.8) is 0 Å². The van der Waals surface area contributed by atoms with Gasteiger partial charge in [0.15, 0.2) is 11.1 Å². The van der Waals surface area contributed by atoms with Crippen LogP contribution in [0.5, 0.6) is 0 Å². The fraction of sp³-hybridized carbons (Fsp3) is 0.444. The molecule has 3 rings (SSSR count). The molecule has 194 valence electrons. The molecule has 0 aliphatic heterocycles. The van der Waals surface area contributed by atoms with Crippen LogP contribution in [0, 0.1) is 5.92 Å². The van der Waals surface area contributed by atoms with Crippen LogP contribution in [0.2, 0.25) is 0 Å². The number of hydrogen-bond donors (Lipinski definition) is 4. The Bertz CT molecular complexity index is 1030. The standard InChI is InChI=1S/C27H35N3O5S/c1-19(31)28-23(16-15-20-9-4-2-5-10-20)26(32)29-24(17-21-11-6-3-7-12-21)27(33)30-25(36(34)35)18-22-13-8-14-22/h2-7,9-12,22-25H,8,13-18H2,1H3,(H,28,31)(H,29,32)(H,30,33)(H,34,35)/t23-,24-,25+/m0/s1. The zero-order valence-electron chi connectivity index (χ0n) is 20.5. The maximum Gasteiger partial charge on any atom is 0.243 e. The molecule has 0 radical (unpaired) electrons. The Morgan fingerprint density at radius 2 is 1.47 bits per heavy atom. The second kappa shape index (κ2) is 13.9. The van der Waals surface area contributed by atoms with E-state index in [0.29, 0.717) is 25.2 Å². The van der Waals surface area contributed by atoms with Crippen LogP contribution in [0.4, 0.5) is 0 Å². The van der Waals surface area contributed by atoms with Gasteiger partial charge in [-0.05, 0) is 36.3 Å². The molecule has 0 spiro atoms. The van der Waals surface area contributed by atoms with Gasteiger partial charge in [-0.3, -0.25) is 14.4 Å². The molecule has 0 aromatic heterocycles. The molecule has 2 aromatic rings. The lowest BCUT2D eigenvalue weighted by Crippen LogP contribution is -2.56. The Kier molecular flexibility index (Phi) is 10.6. The van der Waals surface area contributed by atoms with E-state index in [1.807, 2.05) is 60.7 Å². The van der Waals surface area contributed by atoms with Crippen molar-refractivity contribution in [1.29, 1.82) is 0 Å². The molecule has 1 unspecified atom stereocenters. The number of hydrogen-bond acceptors (Lipinski definition) is 4. The highest BCUT2D eigenvalue weighted by molar-refractivity contribution is 7.79. The molecule has 0 heterocycles. The summed E-state index contributed by atoms with van der Waals surface area (Å²) in [6.45, 7) is 1.35. The van der Waals surface area contributed by atoms with Crippen LogP contribution in [0.3, 0.4) is 0 Å². The van der Waals surface area contributed by atoms with Crippen LogP contribution >= 0.6 is 0 Å². The van der Waals surface area contributed by atoms with Gasteiger partial charge in [-0.25, -0.2) is 4.21 Å². The molecular formula is C27H35N3O5S. The van der Waals surface area contributed by atoms with E-state index in [1.165, 1.54) is 6.92 Å². The van der Waals surface area contributed by atoms with Gasteiger partial charge in [0.2, 0.25) is 17.7 Å². The normalized spacial score (nSPS) is 16.6. The summed E-state index contributed by atoms with van der Waals surface area (Å²) in [4.78, 5) is 38.3. The number of rotatable bonds is 13. The average Bonchev–Trinajstić information content (AvgIpc) is 2.83. The molecule has 36 heavy (non-hydrogen) atoms. The second-order valence-corrected chi connectivity index (χ2v) is 10.5. The van der Waals surface area contributed by atoms with Crippen LogP contribution in [0.25, 0.3) is 0 Å². The van der Waals surface area contributed by atoms with E-state index in [2.05, 4.69) is 16.0 Å². The first-order chi connectivity index (χ1) is 17.3. The van der Waals surface area contributed by atoms with E-state index in [0.717, 1.165) is 30.4 Å². The lowest BCUT2D eigenvalue weighted by Gasteiger charge is -2.30. The topological polar surface area (TPSA) is 125 Å². The van der Waals surface area contributed by atoms with Crippen LogP contribution in [-0.2, 0) is 38.3 Å². The second-order valence-electron chi connectivity index (χ2n) is 9.33. The molecule has 2 aromatic carbocycles. The Morgan fingerprint density at radius 3 is 2.00 bits per heavy atom. The van der Waals surface area contributed by atoms with Crippen molar-refractivity contribution in [2.45, 2.75) is 69.3 Å². The smallest absolute Gasteiger partial charge is 0.243 e. The number of carbonyl (C=O) groups excluding carboxylic acids is 3. The van der Waals surface area contributed by atoms with E-state index < -0.39 is 40.4 Å². The van der Waals surface area contributed by atoms with E-state index in [9.17, 15) is 23.1 Å². The summed E-state index contributed by atoms with van der Waals surface area (Å²) in [5, 5.41) is 7.26. The first-order valence-electron chi connectivity index (χ1n) is 12.4. The highest BCUT2D eigenvalue weighted by Crippen LogP contribution is 2.31. The van der Waals surface area contributed by atoms with Gasteiger partial charge in [0.1, 0.15) is 17.5 Å². The van der Waals surface area contributed by atoms with Crippen molar-refractivity contribution in [3.05, 3.63) is 71.8 Å². The quantitative estimate of drug-likeness (QED) is 0.307. The van der Waals surface area contributed by atoms with Crippen molar-refractivity contribution in [1.82, 2.24) is 16.0 Å². The van der Waals surface area contributed by atoms with E-state index in [-0.39, 0.29) is 12.3 Å². The monoisotopic (exact) mass is 513 g/mol. The largest absolute Gasteiger partial charge is 0.345 e. The number of benzene rings is 2. The molecule has 0 saturated heterocycles. The van der Waals surface area contributed by atoms with Crippen LogP contribution in [0.1, 0.15) is 50.2 Å². The minimum absolute atomic E-state index is 0.206. The fourth-order valence-electron chi connectivity index (χ4n) is 4.28. The molecule has 1 aliphatic carbocycles. The Hall–Kier alpha value is -3.04. The molecule has 4 N–H and O–H groups in total. The first-order valence-corrected chi connectivity index (χ1v) is 13.5. The van der Waals surface area contributed by atoms with Gasteiger partial charge in [0, 0.05) is 13.3 Å². The van der Waals surface area contributed by atoms with Gasteiger partial charge < -0.3 is 20.5 Å². The van der Waals surface area contributed by atoms with Gasteiger partial charge in [-0.15, -0.1) is 0 Å². The maximum absolute atomic E-state index is 13.3. The molecule has 1 saturated carbocycles. The molecule has 1 fully saturated rings. The van der Waals surface area contributed by atoms with Crippen molar-refractivity contribution >= 4 is 28.8 Å². The predicted molar refractivity (Wildman–Crippen MR) is 139 cm³/mol. The third kappa shape index (κ3) is 8.87. The van der Waals surface area contributed by atoms with E-state index >= 15 is 0 Å². The van der Waals surface area contributed by atoms with Crippen molar-refractivity contribution in [3.8, 4) is 0 Å².